The number of nitrogens with zero attached hydrogens (tertiary/aromatic N) is 4. The molecule has 0 saturated carbocycles. The Morgan fingerprint density at radius 1 is 0.414 bits per heavy atom. The number of hydrogen-bond donors (Lipinski definition) is 0. The molecule has 0 unspecified atom stereocenters. The minimum atomic E-state index is -0.521. The molecule has 0 bridgehead atoms. The Morgan fingerprint density at radius 2 is 1.03 bits per heavy atom. The van der Waals surface area contributed by atoms with E-state index in [4.69, 9.17) is 27.6 Å². The molecule has 0 N–H and O–H groups in total. The highest BCUT2D eigenvalue weighted by atomic mass is 16.3. The van der Waals surface area contributed by atoms with Crippen LogP contribution in [0.25, 0.3) is 116 Å². The Kier molecular flexibility index (Phi) is 5.60. The molecule has 0 amide bonds. The van der Waals surface area contributed by atoms with Crippen molar-refractivity contribution in [3.63, 3.8) is 0 Å². The molecular weight excluding hydrogens is 709 g/mol. The van der Waals surface area contributed by atoms with Crippen molar-refractivity contribution >= 4 is 65.3 Å². The smallest absolute Gasteiger partial charge is 0.166 e. The van der Waals surface area contributed by atoms with Crippen LogP contribution in [0.4, 0.5) is 0 Å². The van der Waals surface area contributed by atoms with Crippen LogP contribution in [-0.2, 0) is 0 Å². The van der Waals surface area contributed by atoms with E-state index in [-0.39, 0.29) is 27.6 Å². The van der Waals surface area contributed by atoms with E-state index in [2.05, 4.69) is 30.3 Å². The zero-order valence-corrected chi connectivity index (χ0v) is 30.6. The topological polar surface area (TPSA) is 56.7 Å². The van der Waals surface area contributed by atoms with Crippen LogP contribution in [0.2, 0.25) is 0 Å². The van der Waals surface area contributed by atoms with Gasteiger partial charge in [0.1, 0.15) is 11.2 Å². The van der Waals surface area contributed by atoms with Crippen LogP contribution >= 0.6 is 0 Å². The lowest BCUT2D eigenvalue weighted by Gasteiger charge is -2.19. The summed E-state index contributed by atoms with van der Waals surface area (Å²) in [5, 5.41) is 5.84. The summed E-state index contributed by atoms with van der Waals surface area (Å²) in [7, 11) is 0. The third-order valence-corrected chi connectivity index (χ3v) is 10.9. The highest BCUT2D eigenvalue weighted by Crippen LogP contribution is 2.43. The van der Waals surface area contributed by atoms with Crippen LogP contribution in [0.5, 0.6) is 0 Å². The fourth-order valence-corrected chi connectivity index (χ4v) is 8.25. The molecule has 0 aliphatic rings. The maximum Gasteiger partial charge on any atom is 0.166 e. The van der Waals surface area contributed by atoms with Gasteiger partial charge in [0.2, 0.25) is 0 Å². The SMILES string of the molecule is [2H]c1c([2H])c([2H])c2c(c1[2H])c1c([2H])c([2H])c([2H])c([2H])c1n2-c1cccc(-c2cccc3cc4ccccc4cc23)c1-c1nc(-c2ccccc2)nc(-c2ccc3c(c2)oc2ccccc23)n1. The van der Waals surface area contributed by atoms with E-state index in [0.29, 0.717) is 45.2 Å². The summed E-state index contributed by atoms with van der Waals surface area (Å²) < 4.78 is 80.1. The fraction of sp³-hybridized carbons (Fsp3) is 0. The zero-order chi connectivity index (χ0) is 45.1. The lowest BCUT2D eigenvalue weighted by atomic mass is 9.91. The van der Waals surface area contributed by atoms with E-state index < -0.39 is 48.3 Å². The molecule has 58 heavy (non-hydrogen) atoms. The number of fused-ring (bicyclic) bond motifs is 8. The van der Waals surface area contributed by atoms with Gasteiger partial charge in [-0.05, 0) is 81.2 Å². The molecule has 5 nitrogen and oxygen atoms in total. The van der Waals surface area contributed by atoms with Gasteiger partial charge in [0.25, 0.3) is 0 Å². The minimum absolute atomic E-state index is 0.0155. The zero-order valence-electron chi connectivity index (χ0n) is 38.6. The quantitative estimate of drug-likeness (QED) is 0.164. The predicted molar refractivity (Wildman–Crippen MR) is 238 cm³/mol. The first-order valence-corrected chi connectivity index (χ1v) is 18.9. The molecule has 3 heterocycles. The van der Waals surface area contributed by atoms with E-state index in [1.54, 1.807) is 6.07 Å². The summed E-state index contributed by atoms with van der Waals surface area (Å²) in [6, 6.07) is 43.5. The van der Waals surface area contributed by atoms with Gasteiger partial charge in [-0.2, -0.15) is 0 Å². The van der Waals surface area contributed by atoms with Gasteiger partial charge < -0.3 is 8.98 Å². The van der Waals surface area contributed by atoms with Crippen molar-refractivity contribution in [3.8, 4) is 51.0 Å². The van der Waals surface area contributed by atoms with Gasteiger partial charge in [-0.15, -0.1) is 0 Å². The highest BCUT2D eigenvalue weighted by molar-refractivity contribution is 6.12. The van der Waals surface area contributed by atoms with Crippen molar-refractivity contribution in [1.82, 2.24) is 19.5 Å². The van der Waals surface area contributed by atoms with E-state index in [1.807, 2.05) is 109 Å². The molecule has 0 saturated heterocycles. The average Bonchev–Trinajstić information content (AvgIpc) is 3.92. The number of aromatic nitrogens is 4. The summed E-state index contributed by atoms with van der Waals surface area (Å²) >= 11 is 0. The van der Waals surface area contributed by atoms with E-state index in [1.165, 1.54) is 4.57 Å². The lowest BCUT2D eigenvalue weighted by Crippen LogP contribution is -2.05. The summed E-state index contributed by atoms with van der Waals surface area (Å²) in [5.74, 6) is 0.900. The first-order chi connectivity index (χ1) is 32.1. The molecule has 0 aliphatic carbocycles. The number of furan rings is 1. The highest BCUT2D eigenvalue weighted by Gasteiger charge is 2.24. The maximum absolute atomic E-state index is 9.40. The van der Waals surface area contributed by atoms with Crippen molar-refractivity contribution in [2.24, 2.45) is 0 Å². The minimum Gasteiger partial charge on any atom is -0.456 e. The van der Waals surface area contributed by atoms with Crippen molar-refractivity contribution < 1.29 is 15.4 Å². The van der Waals surface area contributed by atoms with E-state index in [0.717, 1.165) is 43.5 Å². The Labute approximate surface area is 344 Å². The van der Waals surface area contributed by atoms with Crippen molar-refractivity contribution in [1.29, 1.82) is 0 Å². The van der Waals surface area contributed by atoms with Crippen LogP contribution in [0.3, 0.4) is 0 Å². The van der Waals surface area contributed by atoms with Gasteiger partial charge in [0.05, 0.1) is 33.3 Å². The van der Waals surface area contributed by atoms with E-state index in [9.17, 15) is 2.74 Å². The van der Waals surface area contributed by atoms with Gasteiger partial charge in [0.15, 0.2) is 17.5 Å². The van der Waals surface area contributed by atoms with E-state index >= 15 is 0 Å². The van der Waals surface area contributed by atoms with Crippen LogP contribution in [0.15, 0.2) is 198 Å². The number of benzene rings is 9. The van der Waals surface area contributed by atoms with Crippen LogP contribution in [0.1, 0.15) is 11.0 Å². The Balaban J connectivity index is 1.25. The lowest BCUT2D eigenvalue weighted by molar-refractivity contribution is 0.669. The molecule has 9 aromatic carbocycles. The van der Waals surface area contributed by atoms with Gasteiger partial charge in [-0.3, -0.25) is 0 Å². The average molecular weight is 749 g/mol. The number of hydrogen-bond acceptors (Lipinski definition) is 4. The summed E-state index contributed by atoms with van der Waals surface area (Å²) in [6.45, 7) is 0. The van der Waals surface area contributed by atoms with Gasteiger partial charge in [0, 0.05) is 32.7 Å². The Morgan fingerprint density at radius 3 is 1.84 bits per heavy atom. The molecular formula is C53H32N4O. The first kappa shape index (κ1) is 25.3. The predicted octanol–water partition coefficient (Wildman–Crippen LogP) is 13.8. The van der Waals surface area contributed by atoms with Crippen molar-refractivity contribution in [3.05, 3.63) is 194 Å². The van der Waals surface area contributed by atoms with Crippen LogP contribution in [-0.4, -0.2) is 19.5 Å². The molecule has 0 aliphatic heterocycles. The monoisotopic (exact) mass is 748 g/mol. The van der Waals surface area contributed by atoms with Gasteiger partial charge in [-0.1, -0.05) is 145 Å². The largest absolute Gasteiger partial charge is 0.456 e. The molecule has 0 atom stereocenters. The summed E-state index contributed by atoms with van der Waals surface area (Å²) in [6.07, 6.45) is 0. The molecule has 270 valence electrons. The third kappa shape index (κ3) is 5.07. The number of para-hydroxylation sites is 3. The van der Waals surface area contributed by atoms with Crippen molar-refractivity contribution in [2.45, 2.75) is 0 Å². The molecule has 5 heteroatoms. The van der Waals surface area contributed by atoms with Gasteiger partial charge in [-0.25, -0.2) is 15.0 Å². The molecule has 12 rings (SSSR count). The second-order valence-corrected chi connectivity index (χ2v) is 14.2. The second-order valence-electron chi connectivity index (χ2n) is 14.2. The molecule has 0 fully saturated rings. The molecule has 0 radical (unpaired) electrons. The maximum atomic E-state index is 9.40. The normalized spacial score (nSPS) is 13.7. The second kappa shape index (κ2) is 12.8. The standard InChI is InChI=1S/C53H32N4O/c1-2-14-33(15-3-1)51-54-52(37-28-29-42-41-21-8-11-27-48(41)58-49(42)32-37)56-53(55-51)50-43(38-22-12-18-36-30-34-16-4-5-17-35(34)31-44(36)38)23-13-26-47(50)57-45-24-9-6-19-39(45)40-20-7-10-25-46(40)57/h1-32H/i6D,7D,9D,10D,19D,20D,24D,25D. The summed E-state index contributed by atoms with van der Waals surface area (Å²) in [5.41, 5.74) is 4.95. The molecule has 0 spiro atoms. The molecule has 12 aromatic rings. The Hall–Kier alpha value is -7.89. The Bertz CT molecular complexity index is 3980. The summed E-state index contributed by atoms with van der Waals surface area (Å²) in [4.78, 5) is 15.6. The third-order valence-electron chi connectivity index (χ3n) is 10.9. The fourth-order valence-electron chi connectivity index (χ4n) is 8.25. The number of rotatable bonds is 5. The van der Waals surface area contributed by atoms with Gasteiger partial charge >= 0.3 is 0 Å². The van der Waals surface area contributed by atoms with Crippen LogP contribution < -0.4 is 0 Å². The molecule has 3 aromatic heterocycles. The first-order valence-electron chi connectivity index (χ1n) is 22.9. The van der Waals surface area contributed by atoms with Crippen LogP contribution in [0, 0.1) is 0 Å². The van der Waals surface area contributed by atoms with Crippen molar-refractivity contribution in [2.75, 3.05) is 0 Å².